The Hall–Kier alpha value is -7.56. The summed E-state index contributed by atoms with van der Waals surface area (Å²) in [4.78, 5) is 10.2. The predicted molar refractivity (Wildman–Crippen MR) is 232 cm³/mol. The number of para-hydroxylation sites is 2. The standard InChI is InChI=1S/C52H34N4/c1-4-13-36(14-5-1)46-34-47(37-15-6-2-7-16-37)54-52(53-46)39-18-12-17-38(33-39)35-23-25-41(26-24-35)56-49-22-11-10-21-45(49)51-44-28-29-48-43(42(44)27-30-50(51)56)31-32-55(48)40-19-8-3-9-20-40/h1-34H. The van der Waals surface area contributed by atoms with Gasteiger partial charge in [-0.2, -0.15) is 0 Å². The zero-order chi connectivity index (χ0) is 37.0. The molecule has 0 saturated heterocycles. The van der Waals surface area contributed by atoms with Crippen molar-refractivity contribution < 1.29 is 0 Å². The molecule has 262 valence electrons. The van der Waals surface area contributed by atoms with Gasteiger partial charge in [-0.05, 0) is 82.6 Å². The number of fused-ring (bicyclic) bond motifs is 7. The van der Waals surface area contributed by atoms with Crippen LogP contribution in [0.4, 0.5) is 0 Å². The molecule has 0 N–H and O–H groups in total. The first-order valence-corrected chi connectivity index (χ1v) is 19.0. The Morgan fingerprint density at radius 2 is 0.929 bits per heavy atom. The Bertz CT molecular complexity index is 3160. The zero-order valence-corrected chi connectivity index (χ0v) is 30.4. The average Bonchev–Trinajstić information content (AvgIpc) is 3.87. The van der Waals surface area contributed by atoms with Gasteiger partial charge in [-0.15, -0.1) is 0 Å². The predicted octanol–water partition coefficient (Wildman–Crippen LogP) is 13.3. The van der Waals surface area contributed by atoms with Gasteiger partial charge in [0.15, 0.2) is 5.82 Å². The average molecular weight is 715 g/mol. The summed E-state index contributed by atoms with van der Waals surface area (Å²) >= 11 is 0. The van der Waals surface area contributed by atoms with Crippen molar-refractivity contribution in [2.45, 2.75) is 0 Å². The van der Waals surface area contributed by atoms with E-state index in [4.69, 9.17) is 9.97 Å². The normalized spacial score (nSPS) is 11.6. The summed E-state index contributed by atoms with van der Waals surface area (Å²) in [6.07, 6.45) is 2.18. The fraction of sp³-hybridized carbons (Fsp3) is 0. The lowest BCUT2D eigenvalue weighted by atomic mass is 10.0. The van der Waals surface area contributed by atoms with E-state index < -0.39 is 0 Å². The highest BCUT2D eigenvalue weighted by atomic mass is 15.0. The molecule has 0 aliphatic carbocycles. The molecule has 0 bridgehead atoms. The maximum Gasteiger partial charge on any atom is 0.160 e. The van der Waals surface area contributed by atoms with Crippen LogP contribution in [0.5, 0.6) is 0 Å². The van der Waals surface area contributed by atoms with Crippen LogP contribution in [0.3, 0.4) is 0 Å². The smallest absolute Gasteiger partial charge is 0.160 e. The Labute approximate surface area is 324 Å². The van der Waals surface area contributed by atoms with Crippen molar-refractivity contribution in [1.29, 1.82) is 0 Å². The Balaban J connectivity index is 0.993. The van der Waals surface area contributed by atoms with Crippen LogP contribution >= 0.6 is 0 Å². The van der Waals surface area contributed by atoms with E-state index in [9.17, 15) is 0 Å². The van der Waals surface area contributed by atoms with Crippen molar-refractivity contribution in [3.63, 3.8) is 0 Å². The summed E-state index contributed by atoms with van der Waals surface area (Å²) in [6, 6.07) is 70.9. The van der Waals surface area contributed by atoms with Crippen molar-refractivity contribution in [1.82, 2.24) is 19.1 Å². The summed E-state index contributed by atoms with van der Waals surface area (Å²) in [6.45, 7) is 0. The van der Waals surface area contributed by atoms with Crippen LogP contribution in [0.15, 0.2) is 206 Å². The Morgan fingerprint density at radius 1 is 0.321 bits per heavy atom. The van der Waals surface area contributed by atoms with Crippen molar-refractivity contribution in [3.05, 3.63) is 206 Å². The summed E-state index contributed by atoms with van der Waals surface area (Å²) < 4.78 is 4.67. The molecule has 0 aliphatic rings. The van der Waals surface area contributed by atoms with Crippen LogP contribution in [0.25, 0.3) is 99.9 Å². The third-order valence-electron chi connectivity index (χ3n) is 11.0. The number of nitrogens with zero attached hydrogens (tertiary/aromatic N) is 4. The second-order valence-corrected chi connectivity index (χ2v) is 14.2. The molecule has 0 atom stereocenters. The molecule has 3 aromatic heterocycles. The minimum absolute atomic E-state index is 0.704. The molecule has 56 heavy (non-hydrogen) atoms. The highest BCUT2D eigenvalue weighted by Crippen LogP contribution is 2.40. The lowest BCUT2D eigenvalue weighted by Crippen LogP contribution is -1.96. The molecule has 0 spiro atoms. The van der Waals surface area contributed by atoms with E-state index in [1.165, 1.54) is 43.5 Å². The van der Waals surface area contributed by atoms with Gasteiger partial charge in [0, 0.05) is 50.4 Å². The van der Waals surface area contributed by atoms with Gasteiger partial charge in [-0.3, -0.25) is 0 Å². The molecule has 4 heteroatoms. The van der Waals surface area contributed by atoms with Gasteiger partial charge in [0.2, 0.25) is 0 Å². The lowest BCUT2D eigenvalue weighted by Gasteiger charge is -2.12. The Morgan fingerprint density at radius 3 is 1.66 bits per heavy atom. The first kappa shape index (κ1) is 31.9. The number of benzene rings is 8. The van der Waals surface area contributed by atoms with Gasteiger partial charge in [-0.1, -0.05) is 140 Å². The molecule has 8 aromatic carbocycles. The van der Waals surface area contributed by atoms with E-state index in [0.29, 0.717) is 5.82 Å². The number of aromatic nitrogens is 4. The third kappa shape index (κ3) is 5.31. The minimum Gasteiger partial charge on any atom is -0.317 e. The van der Waals surface area contributed by atoms with Crippen molar-refractivity contribution in [2.24, 2.45) is 0 Å². The largest absolute Gasteiger partial charge is 0.317 e. The molecule has 0 saturated carbocycles. The number of hydrogen-bond acceptors (Lipinski definition) is 2. The molecule has 3 heterocycles. The maximum absolute atomic E-state index is 5.08. The van der Waals surface area contributed by atoms with Gasteiger partial charge in [0.05, 0.1) is 27.9 Å². The van der Waals surface area contributed by atoms with Gasteiger partial charge < -0.3 is 9.13 Å². The highest BCUT2D eigenvalue weighted by Gasteiger charge is 2.17. The molecule has 0 aliphatic heterocycles. The maximum atomic E-state index is 5.08. The van der Waals surface area contributed by atoms with Crippen LogP contribution in [0.2, 0.25) is 0 Å². The van der Waals surface area contributed by atoms with Crippen molar-refractivity contribution in [2.75, 3.05) is 0 Å². The number of rotatable bonds is 6. The van der Waals surface area contributed by atoms with E-state index in [0.717, 1.165) is 50.6 Å². The molecule has 11 aromatic rings. The van der Waals surface area contributed by atoms with Crippen LogP contribution in [-0.4, -0.2) is 19.1 Å². The van der Waals surface area contributed by atoms with E-state index in [2.05, 4.69) is 179 Å². The fourth-order valence-corrected chi connectivity index (χ4v) is 8.32. The second-order valence-electron chi connectivity index (χ2n) is 14.2. The lowest BCUT2D eigenvalue weighted by molar-refractivity contribution is 1.13. The van der Waals surface area contributed by atoms with E-state index in [-0.39, 0.29) is 0 Å². The third-order valence-corrected chi connectivity index (χ3v) is 11.0. The molecular weight excluding hydrogens is 681 g/mol. The zero-order valence-electron chi connectivity index (χ0n) is 30.4. The van der Waals surface area contributed by atoms with E-state index in [1.54, 1.807) is 0 Å². The highest BCUT2D eigenvalue weighted by molar-refractivity contribution is 6.25. The molecule has 0 radical (unpaired) electrons. The first-order chi connectivity index (χ1) is 27.8. The van der Waals surface area contributed by atoms with Crippen molar-refractivity contribution >= 4 is 43.5 Å². The fourth-order valence-electron chi connectivity index (χ4n) is 8.32. The van der Waals surface area contributed by atoms with Gasteiger partial charge in [-0.25, -0.2) is 9.97 Å². The van der Waals surface area contributed by atoms with Crippen LogP contribution in [-0.2, 0) is 0 Å². The van der Waals surface area contributed by atoms with Crippen LogP contribution in [0.1, 0.15) is 0 Å². The van der Waals surface area contributed by atoms with Gasteiger partial charge >= 0.3 is 0 Å². The summed E-state index contributed by atoms with van der Waals surface area (Å²) in [5.74, 6) is 0.704. The van der Waals surface area contributed by atoms with Gasteiger partial charge in [0.1, 0.15) is 0 Å². The second kappa shape index (κ2) is 13.1. The van der Waals surface area contributed by atoms with Gasteiger partial charge in [0.25, 0.3) is 0 Å². The summed E-state index contributed by atoms with van der Waals surface area (Å²) in [5.41, 5.74) is 13.0. The first-order valence-electron chi connectivity index (χ1n) is 19.0. The molecule has 4 nitrogen and oxygen atoms in total. The molecule has 0 amide bonds. The number of hydrogen-bond donors (Lipinski definition) is 0. The van der Waals surface area contributed by atoms with Crippen molar-refractivity contribution in [3.8, 4) is 56.4 Å². The molecule has 0 fully saturated rings. The minimum atomic E-state index is 0.704. The molecule has 11 rings (SSSR count). The topological polar surface area (TPSA) is 35.6 Å². The summed E-state index contributed by atoms with van der Waals surface area (Å²) in [5, 5.41) is 6.30. The monoisotopic (exact) mass is 714 g/mol. The van der Waals surface area contributed by atoms with Crippen LogP contribution in [0, 0.1) is 0 Å². The van der Waals surface area contributed by atoms with E-state index in [1.807, 2.05) is 36.4 Å². The van der Waals surface area contributed by atoms with Crippen LogP contribution < -0.4 is 0 Å². The van der Waals surface area contributed by atoms with E-state index >= 15 is 0 Å². The molecule has 0 unspecified atom stereocenters. The Kier molecular flexibility index (Phi) is 7.46. The molecular formula is C52H34N4. The summed E-state index contributed by atoms with van der Waals surface area (Å²) in [7, 11) is 0. The SMILES string of the molecule is c1ccc(-c2cc(-c3ccccc3)nc(-c3cccc(-c4ccc(-n5c6ccccc6c6c7ccc8c(ccn8-c8ccccc8)c7ccc65)cc4)c3)n2)cc1. The quantitative estimate of drug-likeness (QED) is 0.172.